The van der Waals surface area contributed by atoms with Crippen molar-refractivity contribution in [2.45, 2.75) is 25.0 Å². The molecule has 2 rings (SSSR count). The van der Waals surface area contributed by atoms with Gasteiger partial charge in [-0.05, 0) is 24.5 Å². The van der Waals surface area contributed by atoms with Gasteiger partial charge in [0.1, 0.15) is 9.07 Å². The van der Waals surface area contributed by atoms with E-state index < -0.39 is 4.75 Å². The molecule has 1 aliphatic heterocycles. The molecule has 1 unspecified atom stereocenters. The third-order valence-corrected chi connectivity index (χ3v) is 5.07. The Labute approximate surface area is 123 Å². The second kappa shape index (κ2) is 5.47. The van der Waals surface area contributed by atoms with Gasteiger partial charge in [-0.1, -0.05) is 61.2 Å². The molecule has 0 bridgehead atoms. The molecule has 0 saturated carbocycles. The number of nitrogens with zero attached hydrogens (tertiary/aromatic N) is 1. The maximum absolute atomic E-state index is 12.6. The smallest absolute Gasteiger partial charge is 0.249 e. The number of thiocarbonyl (C=S) groups is 1. The van der Waals surface area contributed by atoms with Crippen molar-refractivity contribution >= 4 is 34.2 Å². The number of thioether (sulfide) groups is 1. The van der Waals surface area contributed by atoms with Crippen molar-refractivity contribution < 1.29 is 4.79 Å². The molecule has 1 aromatic carbocycles. The van der Waals surface area contributed by atoms with E-state index in [-0.39, 0.29) is 5.91 Å². The molecule has 0 N–H and O–H groups in total. The summed E-state index contributed by atoms with van der Waals surface area (Å²) in [6.07, 6.45) is 2.70. The minimum Gasteiger partial charge on any atom is -0.292 e. The number of hydrogen-bond donors (Lipinski definition) is 0. The van der Waals surface area contributed by atoms with Gasteiger partial charge in [0.05, 0.1) is 0 Å². The molecule has 1 heterocycles. The Balaban J connectivity index is 2.34. The van der Waals surface area contributed by atoms with Crippen molar-refractivity contribution in [3.05, 3.63) is 48.0 Å². The van der Waals surface area contributed by atoms with Crippen LogP contribution in [0.15, 0.2) is 36.9 Å². The summed E-state index contributed by atoms with van der Waals surface area (Å²) in [7, 11) is 0. The highest BCUT2D eigenvalue weighted by Gasteiger charge is 2.47. The Bertz CT molecular complexity index is 523. The van der Waals surface area contributed by atoms with Gasteiger partial charge < -0.3 is 0 Å². The van der Waals surface area contributed by atoms with E-state index in [9.17, 15) is 4.79 Å². The SMILES string of the molecule is C=CCN1C(=O)C(C)(c2ccc(CC)cc2)SC1=S. The summed E-state index contributed by atoms with van der Waals surface area (Å²) in [6, 6.07) is 8.22. The molecule has 0 aliphatic carbocycles. The van der Waals surface area contributed by atoms with Crippen molar-refractivity contribution in [3.63, 3.8) is 0 Å². The highest BCUT2D eigenvalue weighted by atomic mass is 32.2. The number of rotatable bonds is 4. The van der Waals surface area contributed by atoms with Gasteiger partial charge in [0.15, 0.2) is 0 Å². The maximum atomic E-state index is 12.6. The average Bonchev–Trinajstić information content (AvgIpc) is 2.64. The maximum Gasteiger partial charge on any atom is 0.249 e. The summed E-state index contributed by atoms with van der Waals surface area (Å²) in [5, 5.41) is 0. The zero-order valence-corrected chi connectivity index (χ0v) is 12.8. The Kier molecular flexibility index (Phi) is 4.11. The predicted molar refractivity (Wildman–Crippen MR) is 85.3 cm³/mol. The minimum atomic E-state index is -0.605. The van der Waals surface area contributed by atoms with Gasteiger partial charge in [-0.15, -0.1) is 6.58 Å². The summed E-state index contributed by atoms with van der Waals surface area (Å²) < 4.78 is 0.0267. The van der Waals surface area contributed by atoms with Gasteiger partial charge in [-0.3, -0.25) is 9.69 Å². The van der Waals surface area contributed by atoms with Crippen LogP contribution in [0.5, 0.6) is 0 Å². The van der Waals surface area contributed by atoms with Crippen molar-refractivity contribution in [1.82, 2.24) is 4.90 Å². The van der Waals surface area contributed by atoms with Gasteiger partial charge in [0.2, 0.25) is 5.91 Å². The first-order chi connectivity index (χ1) is 9.02. The monoisotopic (exact) mass is 291 g/mol. The van der Waals surface area contributed by atoms with Crippen LogP contribution in [-0.4, -0.2) is 21.7 Å². The molecule has 0 aromatic heterocycles. The first kappa shape index (κ1) is 14.3. The summed E-state index contributed by atoms with van der Waals surface area (Å²) in [6.45, 7) is 8.21. The van der Waals surface area contributed by atoms with E-state index in [1.807, 2.05) is 19.1 Å². The zero-order valence-electron chi connectivity index (χ0n) is 11.2. The molecule has 1 aromatic rings. The summed E-state index contributed by atoms with van der Waals surface area (Å²) in [4.78, 5) is 14.2. The van der Waals surface area contributed by atoms with Gasteiger partial charge in [-0.2, -0.15) is 0 Å². The number of carbonyl (C=O) groups is 1. The lowest BCUT2D eigenvalue weighted by Gasteiger charge is -2.21. The van der Waals surface area contributed by atoms with Crippen LogP contribution in [0.2, 0.25) is 0 Å². The Hall–Kier alpha value is -1.13. The van der Waals surface area contributed by atoms with Crippen molar-refractivity contribution in [3.8, 4) is 0 Å². The van der Waals surface area contributed by atoms with Gasteiger partial charge in [0.25, 0.3) is 0 Å². The van der Waals surface area contributed by atoms with E-state index in [4.69, 9.17) is 12.2 Å². The van der Waals surface area contributed by atoms with Crippen LogP contribution >= 0.6 is 24.0 Å². The van der Waals surface area contributed by atoms with E-state index in [1.165, 1.54) is 17.3 Å². The molecule has 0 spiro atoms. The van der Waals surface area contributed by atoms with Crippen LogP contribution in [0.4, 0.5) is 0 Å². The average molecular weight is 291 g/mol. The summed E-state index contributed by atoms with van der Waals surface area (Å²) in [5.74, 6) is 0.0478. The molecule has 1 amide bonds. The van der Waals surface area contributed by atoms with Crippen LogP contribution in [0.25, 0.3) is 0 Å². The molecule has 1 fully saturated rings. The molecule has 2 nitrogen and oxygen atoms in total. The molecule has 1 atom stereocenters. The molecule has 19 heavy (non-hydrogen) atoms. The normalized spacial score (nSPS) is 22.9. The second-order valence-corrected chi connectivity index (χ2v) is 6.71. The fraction of sp³-hybridized carbons (Fsp3) is 0.333. The fourth-order valence-electron chi connectivity index (χ4n) is 2.14. The number of benzene rings is 1. The number of hydrogen-bond acceptors (Lipinski definition) is 3. The lowest BCUT2D eigenvalue weighted by Crippen LogP contribution is -2.36. The van der Waals surface area contributed by atoms with E-state index >= 15 is 0 Å². The zero-order chi connectivity index (χ0) is 14.0. The number of carbonyl (C=O) groups excluding carboxylic acids is 1. The molecule has 1 aliphatic rings. The van der Waals surface area contributed by atoms with Gasteiger partial charge >= 0.3 is 0 Å². The van der Waals surface area contributed by atoms with Crippen molar-refractivity contribution in [1.29, 1.82) is 0 Å². The number of aryl methyl sites for hydroxylation is 1. The molecule has 4 heteroatoms. The molecule has 0 radical (unpaired) electrons. The fourth-order valence-corrected chi connectivity index (χ4v) is 3.87. The molecule has 100 valence electrons. The number of amides is 1. The summed E-state index contributed by atoms with van der Waals surface area (Å²) in [5.41, 5.74) is 2.28. The Morgan fingerprint density at radius 1 is 1.42 bits per heavy atom. The highest BCUT2D eigenvalue weighted by Crippen LogP contribution is 2.45. The van der Waals surface area contributed by atoms with Crippen LogP contribution < -0.4 is 0 Å². The van der Waals surface area contributed by atoms with Crippen LogP contribution in [0.1, 0.15) is 25.0 Å². The Morgan fingerprint density at radius 3 is 2.58 bits per heavy atom. The van der Waals surface area contributed by atoms with E-state index in [1.54, 1.807) is 11.0 Å². The van der Waals surface area contributed by atoms with Crippen LogP contribution in [-0.2, 0) is 16.0 Å². The molecular weight excluding hydrogens is 274 g/mol. The van der Waals surface area contributed by atoms with Crippen LogP contribution in [0.3, 0.4) is 0 Å². The lowest BCUT2D eigenvalue weighted by molar-refractivity contribution is -0.128. The van der Waals surface area contributed by atoms with E-state index in [2.05, 4.69) is 25.6 Å². The van der Waals surface area contributed by atoms with Gasteiger partial charge in [-0.25, -0.2) is 0 Å². The standard InChI is InChI=1S/C15H17NOS2/c1-4-10-16-13(17)15(3,19-14(16)18)12-8-6-11(5-2)7-9-12/h4,6-9H,1,5,10H2,2-3H3. The minimum absolute atomic E-state index is 0.0478. The predicted octanol–water partition coefficient (Wildman–Crippen LogP) is 3.51. The lowest BCUT2D eigenvalue weighted by atomic mass is 9.97. The molecular formula is C15H17NOS2. The van der Waals surface area contributed by atoms with Gasteiger partial charge in [0, 0.05) is 6.54 Å². The van der Waals surface area contributed by atoms with Crippen molar-refractivity contribution in [2.24, 2.45) is 0 Å². The van der Waals surface area contributed by atoms with Crippen LogP contribution in [0, 0.1) is 0 Å². The first-order valence-corrected chi connectivity index (χ1v) is 7.50. The molecule has 1 saturated heterocycles. The first-order valence-electron chi connectivity index (χ1n) is 6.28. The quantitative estimate of drug-likeness (QED) is 0.625. The third-order valence-electron chi connectivity index (χ3n) is 3.39. The largest absolute Gasteiger partial charge is 0.292 e. The third kappa shape index (κ3) is 2.47. The topological polar surface area (TPSA) is 20.3 Å². The van der Waals surface area contributed by atoms with E-state index in [0.717, 1.165) is 12.0 Å². The highest BCUT2D eigenvalue weighted by molar-refractivity contribution is 8.24. The summed E-state index contributed by atoms with van der Waals surface area (Å²) >= 11 is 6.75. The van der Waals surface area contributed by atoms with Crippen molar-refractivity contribution in [2.75, 3.05) is 6.54 Å². The Morgan fingerprint density at radius 2 is 2.05 bits per heavy atom. The second-order valence-electron chi connectivity index (χ2n) is 4.66. The van der Waals surface area contributed by atoms with E-state index in [0.29, 0.717) is 10.9 Å².